The van der Waals surface area contributed by atoms with E-state index in [2.05, 4.69) is 52.7 Å². The number of aromatic nitrogens is 1. The molecule has 0 aliphatic carbocycles. The zero-order valence-corrected chi connectivity index (χ0v) is 21.0. The predicted molar refractivity (Wildman–Crippen MR) is 147 cm³/mol. The zero-order chi connectivity index (χ0) is 24.9. The molecular formula is C31H33N3O2. The number of carbonyl (C=O) groups excluding carboxylic acids is 1. The molecule has 184 valence electrons. The molecule has 0 spiro atoms. The van der Waals surface area contributed by atoms with Crippen molar-refractivity contribution in [3.05, 3.63) is 95.6 Å². The number of carbonyl (C=O) groups is 1. The van der Waals surface area contributed by atoms with Gasteiger partial charge in [0.25, 0.3) is 5.91 Å². The van der Waals surface area contributed by atoms with E-state index < -0.39 is 0 Å². The van der Waals surface area contributed by atoms with Gasteiger partial charge in [0, 0.05) is 24.2 Å². The number of nitrogens with one attached hydrogen (secondary N) is 1. The minimum atomic E-state index is -0.183. The van der Waals surface area contributed by atoms with Crippen molar-refractivity contribution in [1.29, 1.82) is 0 Å². The first kappa shape index (κ1) is 23.9. The van der Waals surface area contributed by atoms with Gasteiger partial charge in [-0.1, -0.05) is 54.6 Å². The first-order chi connectivity index (χ1) is 17.6. The molecule has 1 aliphatic rings. The van der Waals surface area contributed by atoms with Gasteiger partial charge < -0.3 is 15.0 Å². The lowest BCUT2D eigenvalue weighted by molar-refractivity contribution is -0.118. The highest BCUT2D eigenvalue weighted by molar-refractivity contribution is 5.93. The average molecular weight is 480 g/mol. The highest BCUT2D eigenvalue weighted by Crippen LogP contribution is 2.29. The van der Waals surface area contributed by atoms with Crippen molar-refractivity contribution in [3.8, 4) is 5.75 Å². The number of rotatable bonds is 7. The SMILES string of the molecule is Cc1cccc(NC(=O)COc2cccc3ccc(N4CCC(Cc5ccccc5)CC4)nc23)c1C. The van der Waals surface area contributed by atoms with E-state index in [0.717, 1.165) is 65.9 Å². The van der Waals surface area contributed by atoms with Crippen LogP contribution in [0.1, 0.15) is 29.5 Å². The Morgan fingerprint density at radius 3 is 2.53 bits per heavy atom. The number of hydrogen-bond donors (Lipinski definition) is 1. The number of amides is 1. The second-order valence-electron chi connectivity index (χ2n) is 9.70. The minimum absolute atomic E-state index is 0.0662. The number of para-hydroxylation sites is 1. The van der Waals surface area contributed by atoms with E-state index in [1.165, 1.54) is 5.56 Å². The van der Waals surface area contributed by atoms with Crippen LogP contribution in [0.15, 0.2) is 78.9 Å². The summed E-state index contributed by atoms with van der Waals surface area (Å²) in [5.74, 6) is 2.12. The summed E-state index contributed by atoms with van der Waals surface area (Å²) in [6.07, 6.45) is 3.46. The molecule has 0 bridgehead atoms. The van der Waals surface area contributed by atoms with Crippen LogP contribution in [0.2, 0.25) is 0 Å². The van der Waals surface area contributed by atoms with Crippen LogP contribution in [0.3, 0.4) is 0 Å². The third-order valence-electron chi connectivity index (χ3n) is 7.21. The number of fused-ring (bicyclic) bond motifs is 1. The fourth-order valence-corrected chi connectivity index (χ4v) is 4.93. The molecule has 4 aromatic rings. The Labute approximate surface area is 213 Å². The standard InChI is InChI=1S/C31H33N3O2/c1-22-8-6-12-27(23(22)2)32-30(35)21-36-28-13-7-11-26-14-15-29(33-31(26)28)34-18-16-25(17-19-34)20-24-9-4-3-5-10-24/h3-15,25H,16-21H2,1-2H3,(H,32,35). The lowest BCUT2D eigenvalue weighted by Crippen LogP contribution is -2.34. The predicted octanol–water partition coefficient (Wildman–Crippen LogP) is 6.33. The summed E-state index contributed by atoms with van der Waals surface area (Å²) in [5, 5.41) is 3.97. The van der Waals surface area contributed by atoms with Crippen molar-refractivity contribution in [2.24, 2.45) is 5.92 Å². The van der Waals surface area contributed by atoms with Gasteiger partial charge in [0.15, 0.2) is 6.61 Å². The van der Waals surface area contributed by atoms with Gasteiger partial charge in [-0.2, -0.15) is 0 Å². The summed E-state index contributed by atoms with van der Waals surface area (Å²) in [5.41, 5.74) is 5.24. The molecule has 1 amide bonds. The van der Waals surface area contributed by atoms with Crippen LogP contribution in [0.4, 0.5) is 11.5 Å². The average Bonchev–Trinajstić information content (AvgIpc) is 2.91. The molecule has 0 atom stereocenters. The van der Waals surface area contributed by atoms with Crippen molar-refractivity contribution in [2.45, 2.75) is 33.1 Å². The van der Waals surface area contributed by atoms with E-state index in [9.17, 15) is 4.79 Å². The number of pyridine rings is 1. The smallest absolute Gasteiger partial charge is 0.262 e. The Morgan fingerprint density at radius 1 is 0.944 bits per heavy atom. The summed E-state index contributed by atoms with van der Waals surface area (Å²) in [4.78, 5) is 19.9. The zero-order valence-electron chi connectivity index (χ0n) is 21.0. The largest absolute Gasteiger partial charge is 0.481 e. The summed E-state index contributed by atoms with van der Waals surface area (Å²) < 4.78 is 5.96. The number of aryl methyl sites for hydroxylation is 1. The summed E-state index contributed by atoms with van der Waals surface area (Å²) in [6, 6.07) is 26.7. The molecule has 0 saturated carbocycles. The third-order valence-corrected chi connectivity index (χ3v) is 7.21. The quantitative estimate of drug-likeness (QED) is 0.337. The molecule has 0 radical (unpaired) electrons. The molecule has 5 heteroatoms. The summed E-state index contributed by atoms with van der Waals surface area (Å²) in [7, 11) is 0. The molecular weight excluding hydrogens is 446 g/mol. The fourth-order valence-electron chi connectivity index (χ4n) is 4.93. The van der Waals surface area contributed by atoms with Gasteiger partial charge in [-0.3, -0.25) is 4.79 Å². The summed E-state index contributed by atoms with van der Waals surface area (Å²) in [6.45, 7) is 5.97. The second-order valence-corrected chi connectivity index (χ2v) is 9.70. The highest BCUT2D eigenvalue weighted by Gasteiger charge is 2.21. The van der Waals surface area contributed by atoms with Gasteiger partial charge >= 0.3 is 0 Å². The van der Waals surface area contributed by atoms with Crippen LogP contribution < -0.4 is 15.0 Å². The Balaban J connectivity index is 1.24. The van der Waals surface area contributed by atoms with Crippen LogP contribution in [-0.4, -0.2) is 30.6 Å². The molecule has 1 aliphatic heterocycles. The molecule has 0 unspecified atom stereocenters. The molecule has 2 heterocycles. The lowest BCUT2D eigenvalue weighted by atomic mass is 9.90. The first-order valence-electron chi connectivity index (χ1n) is 12.7. The van der Waals surface area contributed by atoms with Gasteiger partial charge in [-0.25, -0.2) is 4.98 Å². The number of anilines is 2. The van der Waals surface area contributed by atoms with Gasteiger partial charge in [0.2, 0.25) is 0 Å². The van der Waals surface area contributed by atoms with E-state index in [4.69, 9.17) is 9.72 Å². The fraction of sp³-hybridized carbons (Fsp3) is 0.290. The topological polar surface area (TPSA) is 54.5 Å². The number of ether oxygens (including phenoxy) is 1. The van der Waals surface area contributed by atoms with Crippen LogP contribution in [-0.2, 0) is 11.2 Å². The molecule has 1 aromatic heterocycles. The molecule has 5 nitrogen and oxygen atoms in total. The molecule has 1 saturated heterocycles. The van der Waals surface area contributed by atoms with E-state index in [0.29, 0.717) is 11.7 Å². The van der Waals surface area contributed by atoms with Crippen LogP contribution >= 0.6 is 0 Å². The number of hydrogen-bond acceptors (Lipinski definition) is 4. The maximum Gasteiger partial charge on any atom is 0.262 e. The Kier molecular flexibility index (Phi) is 7.17. The van der Waals surface area contributed by atoms with Gasteiger partial charge in [-0.15, -0.1) is 0 Å². The van der Waals surface area contributed by atoms with Crippen LogP contribution in [0.5, 0.6) is 5.75 Å². The Morgan fingerprint density at radius 2 is 1.72 bits per heavy atom. The molecule has 1 N–H and O–H groups in total. The van der Waals surface area contributed by atoms with Crippen LogP contribution in [0.25, 0.3) is 10.9 Å². The van der Waals surface area contributed by atoms with E-state index in [1.54, 1.807) is 0 Å². The second kappa shape index (κ2) is 10.8. The molecule has 36 heavy (non-hydrogen) atoms. The van der Waals surface area contributed by atoms with Gasteiger partial charge in [0.1, 0.15) is 17.1 Å². The van der Waals surface area contributed by atoms with E-state index in [-0.39, 0.29) is 12.5 Å². The lowest BCUT2D eigenvalue weighted by Gasteiger charge is -2.33. The third kappa shape index (κ3) is 5.51. The normalized spacial score (nSPS) is 14.1. The van der Waals surface area contributed by atoms with Crippen LogP contribution in [0, 0.1) is 19.8 Å². The maximum atomic E-state index is 12.6. The number of piperidine rings is 1. The van der Waals surface area contributed by atoms with Crippen molar-refractivity contribution < 1.29 is 9.53 Å². The summed E-state index contributed by atoms with van der Waals surface area (Å²) >= 11 is 0. The maximum absolute atomic E-state index is 12.6. The molecule has 5 rings (SSSR count). The monoisotopic (exact) mass is 479 g/mol. The van der Waals surface area contributed by atoms with Crippen molar-refractivity contribution in [1.82, 2.24) is 4.98 Å². The Bertz CT molecular complexity index is 1340. The van der Waals surface area contributed by atoms with E-state index >= 15 is 0 Å². The number of benzene rings is 3. The molecule has 3 aromatic carbocycles. The van der Waals surface area contributed by atoms with Gasteiger partial charge in [0.05, 0.1) is 0 Å². The highest BCUT2D eigenvalue weighted by atomic mass is 16.5. The van der Waals surface area contributed by atoms with Crippen molar-refractivity contribution >= 4 is 28.3 Å². The first-order valence-corrected chi connectivity index (χ1v) is 12.7. The van der Waals surface area contributed by atoms with Crippen molar-refractivity contribution in [3.63, 3.8) is 0 Å². The number of nitrogens with zero attached hydrogens (tertiary/aromatic N) is 2. The molecule has 1 fully saturated rings. The van der Waals surface area contributed by atoms with Gasteiger partial charge in [-0.05, 0) is 80.0 Å². The Hall–Kier alpha value is -3.86. The minimum Gasteiger partial charge on any atom is -0.481 e. The van der Waals surface area contributed by atoms with Crippen molar-refractivity contribution in [2.75, 3.05) is 29.9 Å². The van der Waals surface area contributed by atoms with E-state index in [1.807, 2.05) is 50.2 Å².